The van der Waals surface area contributed by atoms with Gasteiger partial charge in [0.1, 0.15) is 22.7 Å². The fraction of sp³-hybridized carbons (Fsp3) is 0.240. The Hall–Kier alpha value is -4.25. The maximum absolute atomic E-state index is 13.2. The summed E-state index contributed by atoms with van der Waals surface area (Å²) in [5, 5.41) is 14.8. The second kappa shape index (κ2) is 9.78. The number of aryl methyl sites for hydroxylation is 1. The number of carbonyl (C=O) groups is 1. The van der Waals surface area contributed by atoms with Gasteiger partial charge in [0.05, 0.1) is 28.0 Å². The van der Waals surface area contributed by atoms with Gasteiger partial charge in [-0.2, -0.15) is 0 Å². The standard InChI is InChI=1S/C25H24N6O4S/c1-16-21-23(30-12-10-29(11-13-30)17-6-4-3-5-7-17)26-15-27-25(21)36-22(16)24(32)28-19-14-18(31(33)34)8-9-20(19)35-2/h3-9,14-15H,10-13H2,1-2H3,(H,28,32). The van der Waals surface area contributed by atoms with E-state index < -0.39 is 4.92 Å². The number of anilines is 3. The van der Waals surface area contributed by atoms with Crippen LogP contribution in [-0.4, -0.2) is 54.1 Å². The molecule has 0 radical (unpaired) electrons. The summed E-state index contributed by atoms with van der Waals surface area (Å²) in [6, 6.07) is 14.4. The lowest BCUT2D eigenvalue weighted by Gasteiger charge is -2.37. The van der Waals surface area contributed by atoms with Crippen molar-refractivity contribution in [1.82, 2.24) is 9.97 Å². The van der Waals surface area contributed by atoms with Crippen LogP contribution in [0.3, 0.4) is 0 Å². The van der Waals surface area contributed by atoms with Gasteiger partial charge in [-0.15, -0.1) is 11.3 Å². The van der Waals surface area contributed by atoms with Crippen molar-refractivity contribution in [3.05, 3.63) is 75.4 Å². The fourth-order valence-corrected chi connectivity index (χ4v) is 5.45. The van der Waals surface area contributed by atoms with E-state index in [0.717, 1.165) is 47.8 Å². The van der Waals surface area contributed by atoms with Crippen molar-refractivity contribution in [3.63, 3.8) is 0 Å². The highest BCUT2D eigenvalue weighted by molar-refractivity contribution is 7.20. The van der Waals surface area contributed by atoms with Crippen LogP contribution in [0, 0.1) is 17.0 Å². The van der Waals surface area contributed by atoms with Crippen LogP contribution in [0.2, 0.25) is 0 Å². The van der Waals surface area contributed by atoms with Crippen molar-refractivity contribution in [2.75, 3.05) is 48.4 Å². The van der Waals surface area contributed by atoms with Gasteiger partial charge >= 0.3 is 0 Å². The average Bonchev–Trinajstić information content (AvgIpc) is 3.26. The first-order valence-corrected chi connectivity index (χ1v) is 12.2. The minimum absolute atomic E-state index is 0.137. The number of nitro groups is 1. The topological polar surface area (TPSA) is 114 Å². The van der Waals surface area contributed by atoms with E-state index >= 15 is 0 Å². The number of carbonyl (C=O) groups excluding carboxylic acids is 1. The molecule has 1 amide bonds. The summed E-state index contributed by atoms with van der Waals surface area (Å²) < 4.78 is 5.28. The molecule has 36 heavy (non-hydrogen) atoms. The summed E-state index contributed by atoms with van der Waals surface area (Å²) in [7, 11) is 1.45. The monoisotopic (exact) mass is 504 g/mol. The predicted octanol–water partition coefficient (Wildman–Crippen LogP) is 4.50. The Labute approximate surface area is 211 Å². The Morgan fingerprint density at radius 1 is 1.08 bits per heavy atom. The first kappa shape index (κ1) is 23.5. The Balaban J connectivity index is 1.41. The number of non-ortho nitro benzene ring substituents is 1. The molecule has 1 N–H and O–H groups in total. The number of nitrogens with zero attached hydrogens (tertiary/aromatic N) is 5. The smallest absolute Gasteiger partial charge is 0.271 e. The lowest BCUT2D eigenvalue weighted by Crippen LogP contribution is -2.46. The average molecular weight is 505 g/mol. The van der Waals surface area contributed by atoms with E-state index in [-0.39, 0.29) is 17.3 Å². The van der Waals surface area contributed by atoms with E-state index in [1.165, 1.54) is 48.7 Å². The van der Waals surface area contributed by atoms with E-state index in [0.29, 0.717) is 10.6 Å². The highest BCUT2D eigenvalue weighted by Crippen LogP contribution is 2.37. The third kappa shape index (κ3) is 4.40. The van der Waals surface area contributed by atoms with E-state index in [1.54, 1.807) is 0 Å². The Bertz CT molecular complexity index is 1430. The van der Waals surface area contributed by atoms with Gasteiger partial charge < -0.3 is 19.9 Å². The number of methoxy groups -OCH3 is 1. The van der Waals surface area contributed by atoms with Crippen LogP contribution in [0.4, 0.5) is 22.9 Å². The Morgan fingerprint density at radius 2 is 1.81 bits per heavy atom. The molecule has 1 saturated heterocycles. The number of benzene rings is 2. The number of hydrogen-bond donors (Lipinski definition) is 1. The molecule has 2 aromatic carbocycles. The van der Waals surface area contributed by atoms with Crippen molar-refractivity contribution in [3.8, 4) is 5.75 Å². The lowest BCUT2D eigenvalue weighted by molar-refractivity contribution is -0.384. The summed E-state index contributed by atoms with van der Waals surface area (Å²) in [5.41, 5.74) is 2.07. The third-order valence-electron chi connectivity index (χ3n) is 6.26. The van der Waals surface area contributed by atoms with Crippen molar-refractivity contribution >= 4 is 50.3 Å². The molecule has 184 valence electrons. The number of ether oxygens (including phenoxy) is 1. The molecule has 1 aliphatic heterocycles. The first-order valence-electron chi connectivity index (χ1n) is 11.4. The number of para-hydroxylation sites is 1. The number of amides is 1. The molecule has 2 aromatic heterocycles. The van der Waals surface area contributed by atoms with Crippen molar-refractivity contribution in [1.29, 1.82) is 0 Å². The number of piperazine rings is 1. The first-order chi connectivity index (χ1) is 17.5. The molecule has 0 atom stereocenters. The van der Waals surface area contributed by atoms with E-state index in [4.69, 9.17) is 4.74 Å². The second-order valence-electron chi connectivity index (χ2n) is 8.34. The summed E-state index contributed by atoms with van der Waals surface area (Å²) in [6.45, 7) is 5.19. The van der Waals surface area contributed by atoms with Crippen LogP contribution < -0.4 is 19.9 Å². The molecule has 4 aromatic rings. The molecular weight excluding hydrogens is 480 g/mol. The molecular formula is C25H24N6O4S. The Morgan fingerprint density at radius 3 is 2.50 bits per heavy atom. The molecule has 11 heteroatoms. The van der Waals surface area contributed by atoms with Gasteiger partial charge in [-0.05, 0) is 30.7 Å². The Kier molecular flexibility index (Phi) is 6.38. The zero-order chi connectivity index (χ0) is 25.2. The fourth-order valence-electron chi connectivity index (χ4n) is 4.41. The highest BCUT2D eigenvalue weighted by atomic mass is 32.1. The molecule has 10 nitrogen and oxygen atoms in total. The minimum Gasteiger partial charge on any atom is -0.495 e. The SMILES string of the molecule is COc1ccc([N+](=O)[O-])cc1NC(=O)c1sc2ncnc(N3CCN(c4ccccc4)CC3)c2c1C. The number of hydrogen-bond acceptors (Lipinski definition) is 9. The summed E-state index contributed by atoms with van der Waals surface area (Å²) >= 11 is 1.28. The predicted molar refractivity (Wildman–Crippen MR) is 141 cm³/mol. The van der Waals surface area contributed by atoms with Gasteiger partial charge in [0, 0.05) is 44.0 Å². The largest absolute Gasteiger partial charge is 0.495 e. The van der Waals surface area contributed by atoms with Crippen LogP contribution >= 0.6 is 11.3 Å². The normalized spacial score (nSPS) is 13.6. The van der Waals surface area contributed by atoms with Crippen molar-refractivity contribution < 1.29 is 14.5 Å². The maximum atomic E-state index is 13.2. The number of aromatic nitrogens is 2. The molecule has 1 fully saturated rings. The summed E-state index contributed by atoms with van der Waals surface area (Å²) in [6.07, 6.45) is 1.53. The second-order valence-corrected chi connectivity index (χ2v) is 9.34. The highest BCUT2D eigenvalue weighted by Gasteiger charge is 2.25. The number of nitro benzene ring substituents is 1. The van der Waals surface area contributed by atoms with Crippen LogP contribution in [0.15, 0.2) is 54.9 Å². The lowest BCUT2D eigenvalue weighted by atomic mass is 10.1. The van der Waals surface area contributed by atoms with Gasteiger partial charge in [0.15, 0.2) is 0 Å². The molecule has 5 rings (SSSR count). The zero-order valence-electron chi connectivity index (χ0n) is 19.8. The van der Waals surface area contributed by atoms with Gasteiger partial charge in [-0.1, -0.05) is 18.2 Å². The maximum Gasteiger partial charge on any atom is 0.271 e. The van der Waals surface area contributed by atoms with Gasteiger partial charge in [-0.25, -0.2) is 9.97 Å². The summed E-state index contributed by atoms with van der Waals surface area (Å²) in [5.74, 6) is 0.770. The number of rotatable bonds is 6. The molecule has 1 aliphatic rings. The summed E-state index contributed by atoms with van der Waals surface area (Å²) in [4.78, 5) is 38.7. The van der Waals surface area contributed by atoms with Crippen LogP contribution in [0.25, 0.3) is 10.2 Å². The molecule has 0 unspecified atom stereocenters. The molecule has 0 bridgehead atoms. The minimum atomic E-state index is -0.515. The zero-order valence-corrected chi connectivity index (χ0v) is 20.6. The van der Waals surface area contributed by atoms with Crippen molar-refractivity contribution in [2.45, 2.75) is 6.92 Å². The van der Waals surface area contributed by atoms with Gasteiger partial charge in [-0.3, -0.25) is 14.9 Å². The molecule has 3 heterocycles. The van der Waals surface area contributed by atoms with Gasteiger partial charge in [0.25, 0.3) is 11.6 Å². The van der Waals surface area contributed by atoms with E-state index in [1.807, 2.05) is 25.1 Å². The number of thiophene rings is 1. The van der Waals surface area contributed by atoms with Gasteiger partial charge in [0.2, 0.25) is 0 Å². The van der Waals surface area contributed by atoms with E-state index in [2.05, 4.69) is 37.2 Å². The molecule has 0 aliphatic carbocycles. The molecule has 0 saturated carbocycles. The van der Waals surface area contributed by atoms with Crippen LogP contribution in [-0.2, 0) is 0 Å². The van der Waals surface area contributed by atoms with Crippen LogP contribution in [0.1, 0.15) is 15.2 Å². The van der Waals surface area contributed by atoms with Crippen molar-refractivity contribution in [2.24, 2.45) is 0 Å². The third-order valence-corrected chi connectivity index (χ3v) is 7.45. The molecule has 0 spiro atoms. The van der Waals surface area contributed by atoms with Crippen LogP contribution in [0.5, 0.6) is 5.75 Å². The van der Waals surface area contributed by atoms with E-state index in [9.17, 15) is 14.9 Å². The quantitative estimate of drug-likeness (QED) is 0.302. The number of fused-ring (bicyclic) bond motifs is 1. The number of nitrogens with one attached hydrogen (secondary N) is 1.